The number of benzene rings is 7. The largest absolute Gasteiger partial charge is 0.340 e. The summed E-state index contributed by atoms with van der Waals surface area (Å²) in [6, 6.07) is 27.4. The van der Waals surface area contributed by atoms with E-state index < -0.39 is 0 Å². The molecule has 7 aromatic carbocycles. The molecule has 0 saturated carbocycles. The Labute approximate surface area is 353 Å². The van der Waals surface area contributed by atoms with Crippen molar-refractivity contribution in [2.24, 2.45) is 0 Å². The highest BCUT2D eigenvalue weighted by atomic mass is 16.3. The molecule has 1 heterocycles. The standard InChI is InChI=1S/C56H65NO2/c1-14-15-16-17-18-19-26-57-45-31-39(33-27-41(53(2,3)4)51(58)42(28-33)54(5,6)7)37-24-20-22-35-36-23-21-25-38-40(32-46(57)50(48(36)38)49(45)47(35)37)34-29-43(55(8,9)10)52(59)44(30-34)56(11,12)13/h20-25,27-32H,14-19,26H2,1-13H3. The van der Waals surface area contributed by atoms with Crippen LogP contribution >= 0.6 is 0 Å². The molecule has 0 fully saturated rings. The second-order valence-corrected chi connectivity index (χ2v) is 21.8. The minimum Gasteiger partial charge on any atom is -0.340 e. The second-order valence-electron chi connectivity index (χ2n) is 21.8. The molecule has 306 valence electrons. The summed E-state index contributed by atoms with van der Waals surface area (Å²) in [6.45, 7) is 29.2. The molecule has 0 aliphatic heterocycles. The molecular weight excluding hydrogens is 719 g/mol. The normalized spacial score (nSPS) is 13.4. The molecule has 0 unspecified atom stereocenters. The van der Waals surface area contributed by atoms with Crippen LogP contribution in [0.5, 0.6) is 11.5 Å². The van der Waals surface area contributed by atoms with Crippen LogP contribution in [0.4, 0.5) is 0 Å². The molecule has 0 aliphatic rings. The first kappa shape index (κ1) is 41.0. The fraction of sp³-hybridized carbons (Fsp3) is 0.429. The van der Waals surface area contributed by atoms with Crippen LogP contribution in [-0.4, -0.2) is 4.57 Å². The number of unbranched alkanes of at least 4 members (excludes halogenated alkanes) is 5. The third-order valence-corrected chi connectivity index (χ3v) is 13.2. The van der Waals surface area contributed by atoms with Crippen molar-refractivity contribution >= 4 is 54.1 Å². The number of fused-ring (bicyclic) bond motifs is 1. The first-order valence-corrected chi connectivity index (χ1v) is 22.3. The van der Waals surface area contributed by atoms with Gasteiger partial charge in [-0.25, -0.2) is 0 Å². The summed E-state index contributed by atoms with van der Waals surface area (Å²) in [6.07, 6.45) is 7.36. The summed E-state index contributed by atoms with van der Waals surface area (Å²) in [4.78, 5) is 0. The maximum Gasteiger partial charge on any atom is 0.186 e. The average Bonchev–Trinajstić information content (AvgIpc) is 3.46. The molecule has 0 bridgehead atoms. The Hall–Kier alpha value is -4.76. The first-order chi connectivity index (χ1) is 27.6. The second kappa shape index (κ2) is 14.2. The fourth-order valence-electron chi connectivity index (χ4n) is 10.00. The lowest BCUT2D eigenvalue weighted by Crippen LogP contribution is -2.17. The van der Waals surface area contributed by atoms with E-state index in [0.29, 0.717) is 0 Å². The molecule has 0 spiro atoms. The van der Waals surface area contributed by atoms with Crippen LogP contribution in [0, 0.1) is 0 Å². The Morgan fingerprint density at radius 2 is 0.763 bits per heavy atom. The quantitative estimate of drug-likeness (QED) is 0.0795. The van der Waals surface area contributed by atoms with Crippen LogP contribution in [0.2, 0.25) is 0 Å². The molecule has 0 amide bonds. The third-order valence-electron chi connectivity index (χ3n) is 13.2. The van der Waals surface area contributed by atoms with E-state index >= 15 is 0 Å². The van der Waals surface area contributed by atoms with Gasteiger partial charge >= 0.3 is 0 Å². The van der Waals surface area contributed by atoms with E-state index in [2.05, 4.69) is 167 Å². The molecular formula is C56H65NO2. The van der Waals surface area contributed by atoms with Gasteiger partial charge in [-0.15, -0.1) is 0 Å². The van der Waals surface area contributed by atoms with Gasteiger partial charge in [0.2, 0.25) is 0 Å². The molecule has 3 nitrogen and oxygen atoms in total. The third kappa shape index (κ3) is 6.81. The number of rotatable bonds is 9. The van der Waals surface area contributed by atoms with Gasteiger partial charge in [-0.2, -0.15) is 0 Å². The highest BCUT2D eigenvalue weighted by Crippen LogP contribution is 2.53. The number of hydrogen-bond acceptors (Lipinski definition) is 0. The fourth-order valence-corrected chi connectivity index (χ4v) is 10.00. The highest BCUT2D eigenvalue weighted by Gasteiger charge is 2.32. The van der Waals surface area contributed by atoms with Gasteiger partial charge in [-0.1, -0.05) is 159 Å². The van der Waals surface area contributed by atoms with Gasteiger partial charge in [-0.3, -0.25) is 10.2 Å². The van der Waals surface area contributed by atoms with E-state index in [0.717, 1.165) is 46.3 Å². The van der Waals surface area contributed by atoms with Crippen LogP contribution in [0.1, 0.15) is 151 Å². The Bertz CT molecular complexity index is 2600. The average molecular weight is 784 g/mol. The van der Waals surface area contributed by atoms with E-state index in [1.165, 1.54) is 97.4 Å². The minimum atomic E-state index is -0.304. The molecule has 0 aliphatic carbocycles. The van der Waals surface area contributed by atoms with Gasteiger partial charge in [0.15, 0.2) is 11.5 Å². The summed E-state index contributed by atoms with van der Waals surface area (Å²) in [5.74, 6) is 0.326. The number of aryl methyl sites for hydroxylation is 1. The van der Waals surface area contributed by atoms with Crippen LogP contribution in [0.3, 0.4) is 0 Å². The van der Waals surface area contributed by atoms with Crippen LogP contribution in [0.25, 0.3) is 76.4 Å². The van der Waals surface area contributed by atoms with E-state index in [-0.39, 0.29) is 33.2 Å². The van der Waals surface area contributed by atoms with Crippen LogP contribution in [-0.2, 0) is 38.4 Å². The molecule has 0 atom stereocenters. The van der Waals surface area contributed by atoms with Crippen LogP contribution < -0.4 is 0 Å². The van der Waals surface area contributed by atoms with E-state index in [4.69, 9.17) is 0 Å². The molecule has 2 radical (unpaired) electrons. The molecule has 8 aromatic rings. The van der Waals surface area contributed by atoms with Crippen molar-refractivity contribution in [2.45, 2.75) is 157 Å². The van der Waals surface area contributed by atoms with E-state index in [1.807, 2.05) is 0 Å². The van der Waals surface area contributed by atoms with Crippen molar-refractivity contribution in [1.29, 1.82) is 0 Å². The SMILES string of the molecule is CCCCCCCCn1c2cc(-c3cc(C(C)(C)C)c([O])c(C(C)(C)C)c3)c3cccc4c5cccc6c(-c7cc(C(C)(C)C)c([O])c(C(C)(C)C)c7)cc1c(c65)c2c34. The smallest absolute Gasteiger partial charge is 0.186 e. The molecule has 8 rings (SSSR count). The zero-order chi connectivity index (χ0) is 42.6. The van der Waals surface area contributed by atoms with Gasteiger partial charge in [0, 0.05) is 50.3 Å². The summed E-state index contributed by atoms with van der Waals surface area (Å²) in [5.41, 5.74) is 9.38. The topological polar surface area (TPSA) is 44.7 Å². The Morgan fingerprint density at radius 3 is 1.12 bits per heavy atom. The predicted molar refractivity (Wildman–Crippen MR) is 254 cm³/mol. The van der Waals surface area contributed by atoms with Crippen molar-refractivity contribution in [3.05, 3.63) is 95.1 Å². The highest BCUT2D eigenvalue weighted by molar-refractivity contribution is 6.42. The van der Waals surface area contributed by atoms with Crippen molar-refractivity contribution in [2.75, 3.05) is 0 Å². The summed E-state index contributed by atoms with van der Waals surface area (Å²) >= 11 is 0. The van der Waals surface area contributed by atoms with Gasteiger partial charge < -0.3 is 4.57 Å². The Balaban J connectivity index is 1.52. The molecule has 0 N–H and O–H groups in total. The lowest BCUT2D eigenvalue weighted by atomic mass is 9.77. The summed E-state index contributed by atoms with van der Waals surface area (Å²) in [5, 5.41) is 38.6. The molecule has 1 aromatic heterocycles. The van der Waals surface area contributed by atoms with Gasteiger partial charge in [0.1, 0.15) is 0 Å². The maximum atomic E-state index is 14.2. The lowest BCUT2D eigenvalue weighted by Gasteiger charge is -2.27. The van der Waals surface area contributed by atoms with Crippen LogP contribution in [0.15, 0.2) is 72.8 Å². The van der Waals surface area contributed by atoms with E-state index in [1.54, 1.807) is 0 Å². The Kier molecular flexibility index (Phi) is 9.85. The molecule has 59 heavy (non-hydrogen) atoms. The number of nitrogens with zero attached hydrogens (tertiary/aromatic N) is 1. The monoisotopic (exact) mass is 784 g/mol. The van der Waals surface area contributed by atoms with Crippen molar-refractivity contribution < 1.29 is 10.2 Å². The zero-order valence-electron chi connectivity index (χ0n) is 38.1. The molecule has 3 heteroatoms. The summed E-state index contributed by atoms with van der Waals surface area (Å²) in [7, 11) is 0. The van der Waals surface area contributed by atoms with Crippen molar-refractivity contribution in [1.82, 2.24) is 4.57 Å². The first-order valence-electron chi connectivity index (χ1n) is 22.3. The van der Waals surface area contributed by atoms with Crippen molar-refractivity contribution in [3.63, 3.8) is 0 Å². The maximum absolute atomic E-state index is 14.2. The van der Waals surface area contributed by atoms with Crippen molar-refractivity contribution in [3.8, 4) is 33.8 Å². The predicted octanol–water partition coefficient (Wildman–Crippen LogP) is 17.3. The minimum absolute atomic E-state index is 0.163. The summed E-state index contributed by atoms with van der Waals surface area (Å²) < 4.78 is 2.63. The van der Waals surface area contributed by atoms with Gasteiger partial charge in [0.05, 0.1) is 11.0 Å². The Morgan fingerprint density at radius 1 is 0.424 bits per heavy atom. The van der Waals surface area contributed by atoms with Gasteiger partial charge in [-0.05, 0) is 108 Å². The zero-order valence-corrected chi connectivity index (χ0v) is 38.1. The van der Waals surface area contributed by atoms with Gasteiger partial charge in [0.25, 0.3) is 0 Å². The van der Waals surface area contributed by atoms with E-state index in [9.17, 15) is 10.2 Å². The lowest BCUT2D eigenvalue weighted by molar-refractivity contribution is 0.326. The molecule has 0 saturated heterocycles. The number of hydrogen-bond donors (Lipinski definition) is 0. The number of aromatic nitrogens is 1.